The first-order chi connectivity index (χ1) is 11.3. The fourth-order valence-electron chi connectivity index (χ4n) is 3.01. The zero-order valence-corrected chi connectivity index (χ0v) is 13.3. The molecule has 1 aromatic carbocycles. The number of likely N-dealkylation sites (N-methyl/N-ethyl adjacent to an activating group) is 1. The number of carbonyl (C=O) groups excluding carboxylic acids is 1. The quantitative estimate of drug-likeness (QED) is 0.889. The van der Waals surface area contributed by atoms with Crippen LogP contribution in [0.2, 0.25) is 0 Å². The van der Waals surface area contributed by atoms with Crippen molar-refractivity contribution < 1.29 is 27.9 Å². The SMILES string of the molecule is CCN(CC(=O)O)C1CCN(C(=O)c2c(F)cc(F)cc2F)CC1. The molecule has 0 aliphatic carbocycles. The fraction of sp³-hybridized carbons (Fsp3) is 0.500. The normalized spacial score (nSPS) is 15.8. The lowest BCUT2D eigenvalue weighted by molar-refractivity contribution is -0.139. The third-order valence-electron chi connectivity index (χ3n) is 4.23. The summed E-state index contributed by atoms with van der Waals surface area (Å²) in [6, 6.07) is 0.960. The third kappa shape index (κ3) is 4.05. The van der Waals surface area contributed by atoms with Gasteiger partial charge in [-0.1, -0.05) is 6.92 Å². The minimum absolute atomic E-state index is 0.00179. The minimum Gasteiger partial charge on any atom is -0.480 e. The van der Waals surface area contributed by atoms with Crippen LogP contribution in [0.1, 0.15) is 30.1 Å². The van der Waals surface area contributed by atoms with E-state index in [0.29, 0.717) is 31.5 Å². The summed E-state index contributed by atoms with van der Waals surface area (Å²) in [6.07, 6.45) is 1.02. The van der Waals surface area contributed by atoms with Crippen molar-refractivity contribution in [1.29, 1.82) is 0 Å². The molecule has 0 spiro atoms. The maximum absolute atomic E-state index is 13.7. The highest BCUT2D eigenvalue weighted by Gasteiger charge is 2.30. The summed E-state index contributed by atoms with van der Waals surface area (Å²) in [5.74, 6) is -5.26. The number of hydrogen-bond acceptors (Lipinski definition) is 3. The number of amides is 1. The van der Waals surface area contributed by atoms with E-state index in [1.165, 1.54) is 4.90 Å². The van der Waals surface area contributed by atoms with E-state index < -0.39 is 34.9 Å². The number of piperidine rings is 1. The molecular weight excluding hydrogens is 325 g/mol. The first-order valence-electron chi connectivity index (χ1n) is 7.73. The Labute approximate surface area is 137 Å². The highest BCUT2D eigenvalue weighted by Crippen LogP contribution is 2.21. The Morgan fingerprint density at radius 3 is 2.21 bits per heavy atom. The number of hydrogen-bond donors (Lipinski definition) is 1. The van der Waals surface area contributed by atoms with Crippen LogP contribution in [0, 0.1) is 17.5 Å². The van der Waals surface area contributed by atoms with E-state index in [1.807, 2.05) is 6.92 Å². The molecule has 1 fully saturated rings. The molecule has 0 atom stereocenters. The molecule has 1 amide bonds. The number of carbonyl (C=O) groups is 2. The number of nitrogens with zero attached hydrogens (tertiary/aromatic N) is 2. The van der Waals surface area contributed by atoms with Gasteiger partial charge >= 0.3 is 5.97 Å². The summed E-state index contributed by atoms with van der Waals surface area (Å²) in [6.45, 7) is 2.85. The number of carboxylic acid groups (broad SMARTS) is 1. The van der Waals surface area contributed by atoms with Crippen LogP contribution < -0.4 is 0 Å². The highest BCUT2D eigenvalue weighted by atomic mass is 19.1. The molecule has 1 aliphatic heterocycles. The zero-order chi connectivity index (χ0) is 17.9. The average Bonchev–Trinajstić information content (AvgIpc) is 2.51. The molecule has 5 nitrogen and oxygen atoms in total. The van der Waals surface area contributed by atoms with Gasteiger partial charge in [0.05, 0.1) is 6.54 Å². The number of likely N-dealkylation sites (tertiary alicyclic amines) is 1. The molecule has 0 bridgehead atoms. The smallest absolute Gasteiger partial charge is 0.317 e. The molecule has 1 saturated heterocycles. The Kier molecular flexibility index (Phi) is 5.82. The molecule has 24 heavy (non-hydrogen) atoms. The number of aliphatic carboxylic acids is 1. The van der Waals surface area contributed by atoms with E-state index in [4.69, 9.17) is 5.11 Å². The maximum atomic E-state index is 13.7. The lowest BCUT2D eigenvalue weighted by Crippen LogP contribution is -2.48. The van der Waals surface area contributed by atoms with E-state index in [9.17, 15) is 22.8 Å². The maximum Gasteiger partial charge on any atom is 0.317 e. The van der Waals surface area contributed by atoms with Crippen LogP contribution in [0.25, 0.3) is 0 Å². The molecule has 8 heteroatoms. The van der Waals surface area contributed by atoms with Gasteiger partial charge < -0.3 is 10.0 Å². The molecule has 132 valence electrons. The summed E-state index contributed by atoms with van der Waals surface area (Å²) in [4.78, 5) is 26.2. The van der Waals surface area contributed by atoms with Gasteiger partial charge in [0.15, 0.2) is 0 Å². The topological polar surface area (TPSA) is 60.9 Å². The zero-order valence-electron chi connectivity index (χ0n) is 13.3. The molecule has 1 heterocycles. The number of carboxylic acids is 1. The van der Waals surface area contributed by atoms with Crippen LogP contribution in [-0.4, -0.2) is 59.0 Å². The molecule has 1 aliphatic rings. The Morgan fingerprint density at radius 1 is 1.21 bits per heavy atom. The summed E-state index contributed by atoms with van der Waals surface area (Å²) in [5.41, 5.74) is -0.757. The second-order valence-electron chi connectivity index (χ2n) is 5.72. The number of rotatable bonds is 5. The third-order valence-corrected chi connectivity index (χ3v) is 4.23. The monoisotopic (exact) mass is 344 g/mol. The highest BCUT2D eigenvalue weighted by molar-refractivity contribution is 5.94. The van der Waals surface area contributed by atoms with Gasteiger partial charge in [-0.2, -0.15) is 0 Å². The van der Waals surface area contributed by atoms with Crippen molar-refractivity contribution in [3.63, 3.8) is 0 Å². The van der Waals surface area contributed by atoms with Gasteiger partial charge in [-0.3, -0.25) is 14.5 Å². The standard InChI is InChI=1S/C16H19F3N2O3/c1-2-20(9-14(22)23)11-3-5-21(6-4-11)16(24)15-12(18)7-10(17)8-13(15)19/h7-8,11H,2-6,9H2,1H3,(H,22,23). The summed E-state index contributed by atoms with van der Waals surface area (Å²) >= 11 is 0. The van der Waals surface area contributed by atoms with E-state index in [2.05, 4.69) is 0 Å². The Balaban J connectivity index is 2.04. The lowest BCUT2D eigenvalue weighted by Gasteiger charge is -2.37. The van der Waals surface area contributed by atoms with E-state index in [-0.39, 0.29) is 25.7 Å². The molecule has 0 saturated carbocycles. The van der Waals surface area contributed by atoms with Crippen molar-refractivity contribution in [2.24, 2.45) is 0 Å². The van der Waals surface area contributed by atoms with Gasteiger partial charge in [0.1, 0.15) is 23.0 Å². The minimum atomic E-state index is -1.22. The van der Waals surface area contributed by atoms with Gasteiger partial charge in [-0.25, -0.2) is 13.2 Å². The van der Waals surface area contributed by atoms with Gasteiger partial charge in [0, 0.05) is 31.3 Å². The average molecular weight is 344 g/mol. The van der Waals surface area contributed by atoms with Crippen molar-refractivity contribution in [2.75, 3.05) is 26.2 Å². The molecule has 0 radical (unpaired) electrons. The molecular formula is C16H19F3N2O3. The summed E-state index contributed by atoms with van der Waals surface area (Å²) in [7, 11) is 0. The molecule has 0 unspecified atom stereocenters. The number of benzene rings is 1. The van der Waals surface area contributed by atoms with Gasteiger partial charge in [0.25, 0.3) is 5.91 Å². The summed E-state index contributed by atoms with van der Waals surface area (Å²) in [5, 5.41) is 8.90. The molecule has 1 N–H and O–H groups in total. The fourth-order valence-corrected chi connectivity index (χ4v) is 3.01. The van der Waals surface area contributed by atoms with Crippen molar-refractivity contribution in [3.05, 3.63) is 35.1 Å². The second kappa shape index (κ2) is 7.65. The van der Waals surface area contributed by atoms with E-state index in [0.717, 1.165) is 0 Å². The van der Waals surface area contributed by atoms with E-state index in [1.54, 1.807) is 4.90 Å². The van der Waals surface area contributed by atoms with Gasteiger partial charge in [-0.05, 0) is 19.4 Å². The molecule has 2 rings (SSSR count). The Hall–Kier alpha value is -2.09. The van der Waals surface area contributed by atoms with Gasteiger partial charge in [-0.15, -0.1) is 0 Å². The number of halogens is 3. The molecule has 1 aromatic rings. The Morgan fingerprint density at radius 2 is 1.75 bits per heavy atom. The van der Waals surface area contributed by atoms with Crippen molar-refractivity contribution in [1.82, 2.24) is 9.80 Å². The first kappa shape index (κ1) is 18.3. The first-order valence-corrected chi connectivity index (χ1v) is 7.73. The van der Waals surface area contributed by atoms with Crippen LogP contribution in [0.15, 0.2) is 12.1 Å². The Bertz CT molecular complexity index is 608. The van der Waals surface area contributed by atoms with Gasteiger partial charge in [0.2, 0.25) is 0 Å². The van der Waals surface area contributed by atoms with Crippen molar-refractivity contribution in [3.8, 4) is 0 Å². The van der Waals surface area contributed by atoms with Crippen LogP contribution >= 0.6 is 0 Å². The second-order valence-corrected chi connectivity index (χ2v) is 5.72. The predicted molar refractivity (Wildman–Crippen MR) is 80.1 cm³/mol. The summed E-state index contributed by atoms with van der Waals surface area (Å²) < 4.78 is 40.4. The van der Waals surface area contributed by atoms with Crippen molar-refractivity contribution >= 4 is 11.9 Å². The van der Waals surface area contributed by atoms with Crippen LogP contribution in [0.3, 0.4) is 0 Å². The molecule has 0 aromatic heterocycles. The van der Waals surface area contributed by atoms with Crippen LogP contribution in [0.4, 0.5) is 13.2 Å². The lowest BCUT2D eigenvalue weighted by atomic mass is 10.0. The predicted octanol–water partition coefficient (Wildman–Crippen LogP) is 2.12. The van der Waals surface area contributed by atoms with Crippen LogP contribution in [-0.2, 0) is 4.79 Å². The van der Waals surface area contributed by atoms with E-state index >= 15 is 0 Å². The largest absolute Gasteiger partial charge is 0.480 e. The van der Waals surface area contributed by atoms with Crippen LogP contribution in [0.5, 0.6) is 0 Å². The van der Waals surface area contributed by atoms with Crippen molar-refractivity contribution in [2.45, 2.75) is 25.8 Å².